The Balaban J connectivity index is 1.39. The van der Waals surface area contributed by atoms with Gasteiger partial charge in [0.05, 0.1) is 39.2 Å². The first-order chi connectivity index (χ1) is 17.1. The molecular formula is C25H26N6O4S. The molecule has 2 aromatic heterocycles. The summed E-state index contributed by atoms with van der Waals surface area (Å²) in [6.45, 7) is 6.80. The fraction of sp³-hybridized carbons (Fsp3) is 0.360. The molecule has 0 saturated carbocycles. The van der Waals surface area contributed by atoms with Crippen molar-refractivity contribution in [2.24, 2.45) is 0 Å². The highest BCUT2D eigenvalue weighted by molar-refractivity contribution is 7.91. The van der Waals surface area contributed by atoms with Gasteiger partial charge in [-0.2, -0.15) is 5.10 Å². The lowest BCUT2D eigenvalue weighted by Crippen LogP contribution is -2.43. The van der Waals surface area contributed by atoms with Crippen LogP contribution in [0.25, 0.3) is 33.5 Å². The average Bonchev–Trinajstić information content (AvgIpc) is 3.50. The summed E-state index contributed by atoms with van der Waals surface area (Å²) >= 11 is 0. The van der Waals surface area contributed by atoms with Crippen LogP contribution in [-0.2, 0) is 20.0 Å². The van der Waals surface area contributed by atoms with Crippen LogP contribution in [0.1, 0.15) is 36.7 Å². The third kappa shape index (κ3) is 3.33. The van der Waals surface area contributed by atoms with E-state index in [0.29, 0.717) is 23.6 Å². The number of benzene rings is 2. The fourth-order valence-corrected chi connectivity index (χ4v) is 6.38. The number of amides is 2. The predicted octanol–water partition coefficient (Wildman–Crippen LogP) is 2.62. The van der Waals surface area contributed by atoms with Gasteiger partial charge in [0.1, 0.15) is 5.69 Å². The molecule has 0 aliphatic carbocycles. The van der Waals surface area contributed by atoms with E-state index in [4.69, 9.17) is 4.98 Å². The molecule has 0 unspecified atom stereocenters. The topological polar surface area (TPSA) is 132 Å². The Morgan fingerprint density at radius 1 is 1.11 bits per heavy atom. The van der Waals surface area contributed by atoms with Gasteiger partial charge < -0.3 is 14.8 Å². The van der Waals surface area contributed by atoms with Crippen molar-refractivity contribution >= 4 is 49.3 Å². The zero-order chi connectivity index (χ0) is 25.4. The third-order valence-electron chi connectivity index (χ3n) is 7.33. The van der Waals surface area contributed by atoms with Gasteiger partial charge in [-0.15, -0.1) is 0 Å². The number of aromatic amines is 2. The zero-order valence-electron chi connectivity index (χ0n) is 20.3. The van der Waals surface area contributed by atoms with Crippen molar-refractivity contribution in [2.75, 3.05) is 36.0 Å². The van der Waals surface area contributed by atoms with Gasteiger partial charge >= 0.3 is 0 Å². The van der Waals surface area contributed by atoms with Crippen LogP contribution in [0.3, 0.4) is 0 Å². The first kappa shape index (κ1) is 22.7. The highest BCUT2D eigenvalue weighted by Gasteiger charge is 2.43. The van der Waals surface area contributed by atoms with Crippen molar-refractivity contribution in [3.63, 3.8) is 0 Å². The molecule has 4 aromatic rings. The van der Waals surface area contributed by atoms with Crippen LogP contribution in [0.2, 0.25) is 0 Å². The van der Waals surface area contributed by atoms with E-state index < -0.39 is 15.3 Å². The molecule has 6 rings (SSSR count). The Kier molecular flexibility index (Phi) is 4.82. The molecule has 36 heavy (non-hydrogen) atoms. The molecule has 4 heterocycles. The highest BCUT2D eigenvalue weighted by atomic mass is 32.2. The number of nitrogens with zero attached hydrogens (tertiary/aromatic N) is 4. The van der Waals surface area contributed by atoms with Crippen LogP contribution >= 0.6 is 0 Å². The van der Waals surface area contributed by atoms with Crippen LogP contribution in [0, 0.1) is 0 Å². The number of imidazole rings is 1. The molecule has 2 amide bonds. The summed E-state index contributed by atoms with van der Waals surface area (Å²) < 4.78 is 23.5. The second kappa shape index (κ2) is 7.63. The number of fused-ring (bicyclic) bond motifs is 3. The summed E-state index contributed by atoms with van der Waals surface area (Å²) in [5.74, 6) is 0.402. The minimum atomic E-state index is -3.08. The molecule has 0 spiro atoms. The summed E-state index contributed by atoms with van der Waals surface area (Å²) in [5, 5.41) is 8.20. The molecule has 0 radical (unpaired) electrons. The number of carbonyl (C=O) groups is 2. The largest absolute Gasteiger partial charge is 0.337 e. The van der Waals surface area contributed by atoms with Gasteiger partial charge in [-0.05, 0) is 56.7 Å². The van der Waals surface area contributed by atoms with Crippen molar-refractivity contribution in [3.8, 4) is 11.5 Å². The van der Waals surface area contributed by atoms with Crippen molar-refractivity contribution in [1.29, 1.82) is 0 Å². The number of nitrogens with one attached hydrogen (secondary N) is 2. The number of likely N-dealkylation sites (N-methyl/N-ethyl adjacent to an activating group) is 1. The molecule has 2 aromatic carbocycles. The van der Waals surface area contributed by atoms with Gasteiger partial charge in [-0.25, -0.2) is 13.4 Å². The zero-order valence-corrected chi connectivity index (χ0v) is 21.1. The Hall–Kier alpha value is -3.73. The van der Waals surface area contributed by atoms with E-state index in [1.807, 2.05) is 32.9 Å². The number of H-pyrrole nitrogens is 2. The second-order valence-electron chi connectivity index (χ2n) is 9.92. The Morgan fingerprint density at radius 2 is 1.86 bits per heavy atom. The first-order valence-electron chi connectivity index (χ1n) is 11.9. The predicted molar refractivity (Wildman–Crippen MR) is 137 cm³/mol. The van der Waals surface area contributed by atoms with E-state index in [9.17, 15) is 18.0 Å². The highest BCUT2D eigenvalue weighted by Crippen LogP contribution is 2.43. The molecule has 0 atom stereocenters. The lowest BCUT2D eigenvalue weighted by Gasteiger charge is -2.26. The van der Waals surface area contributed by atoms with Crippen LogP contribution < -0.4 is 4.90 Å². The molecular weight excluding hydrogens is 480 g/mol. The van der Waals surface area contributed by atoms with Crippen LogP contribution in [0.4, 0.5) is 5.69 Å². The molecule has 11 heteroatoms. The molecule has 2 aliphatic heterocycles. The Morgan fingerprint density at radius 3 is 2.58 bits per heavy atom. The molecule has 1 fully saturated rings. The SMILES string of the molecule is CCN1C(=O)C(C)(C)c2cc3nc(-c4n[nH]c5ccc(C(=O)N6CCS(=O)(=O)CC6)cc45)[nH]c3cc21. The van der Waals surface area contributed by atoms with E-state index in [1.54, 1.807) is 28.0 Å². The van der Waals surface area contributed by atoms with Crippen molar-refractivity contribution in [2.45, 2.75) is 26.2 Å². The average molecular weight is 507 g/mol. The third-order valence-corrected chi connectivity index (χ3v) is 8.93. The molecule has 2 N–H and O–H groups in total. The lowest BCUT2D eigenvalue weighted by molar-refractivity contribution is -0.122. The Labute approximate surface area is 207 Å². The van der Waals surface area contributed by atoms with Gasteiger partial charge in [0.2, 0.25) is 5.91 Å². The maximum Gasteiger partial charge on any atom is 0.253 e. The van der Waals surface area contributed by atoms with E-state index in [-0.39, 0.29) is 36.4 Å². The quantitative estimate of drug-likeness (QED) is 0.439. The van der Waals surface area contributed by atoms with Crippen molar-refractivity contribution < 1.29 is 18.0 Å². The van der Waals surface area contributed by atoms with Gasteiger partial charge in [-0.1, -0.05) is 0 Å². The van der Waals surface area contributed by atoms with Crippen molar-refractivity contribution in [1.82, 2.24) is 25.1 Å². The van der Waals surface area contributed by atoms with Crippen molar-refractivity contribution in [3.05, 3.63) is 41.5 Å². The summed E-state index contributed by atoms with van der Waals surface area (Å²) in [6.07, 6.45) is 0. The molecule has 0 bridgehead atoms. The molecule has 1 saturated heterocycles. The number of carbonyl (C=O) groups excluding carboxylic acids is 2. The van der Waals surface area contributed by atoms with E-state index >= 15 is 0 Å². The van der Waals surface area contributed by atoms with E-state index in [2.05, 4.69) is 15.2 Å². The van der Waals surface area contributed by atoms with E-state index in [0.717, 1.165) is 33.2 Å². The summed E-state index contributed by atoms with van der Waals surface area (Å²) in [7, 11) is -3.08. The lowest BCUT2D eigenvalue weighted by atomic mass is 9.86. The Bertz CT molecular complexity index is 1670. The number of aromatic nitrogens is 4. The van der Waals surface area contributed by atoms with Gasteiger partial charge in [-0.3, -0.25) is 14.7 Å². The van der Waals surface area contributed by atoms with Crippen LogP contribution in [0.5, 0.6) is 0 Å². The maximum absolute atomic E-state index is 13.1. The summed E-state index contributed by atoms with van der Waals surface area (Å²) in [6, 6.07) is 9.22. The van der Waals surface area contributed by atoms with E-state index in [1.165, 1.54) is 0 Å². The second-order valence-corrected chi connectivity index (χ2v) is 12.2. The minimum Gasteiger partial charge on any atom is -0.337 e. The minimum absolute atomic E-state index is 0.0151. The number of sulfone groups is 1. The number of rotatable bonds is 3. The monoisotopic (exact) mass is 506 g/mol. The normalized spacial score (nSPS) is 18.8. The van der Waals surface area contributed by atoms with Gasteiger partial charge in [0, 0.05) is 30.6 Å². The molecule has 2 aliphatic rings. The summed E-state index contributed by atoms with van der Waals surface area (Å²) in [5.41, 5.74) is 4.56. The molecule has 186 valence electrons. The standard InChI is InChI=1S/C25H26N6O4S/c1-4-31-20-13-19-18(12-16(20)25(2,3)24(31)33)26-22(27-19)21-15-11-14(5-6-17(15)28-29-21)23(32)30-7-9-36(34,35)10-8-30/h5-6,11-13H,4,7-10H2,1-3H3,(H,26,27)(H,28,29). The number of hydrogen-bond acceptors (Lipinski definition) is 6. The maximum atomic E-state index is 13.1. The van der Waals surface area contributed by atoms with Gasteiger partial charge in [0.25, 0.3) is 5.91 Å². The summed E-state index contributed by atoms with van der Waals surface area (Å²) in [4.78, 5) is 37.4. The van der Waals surface area contributed by atoms with Crippen LogP contribution in [0.15, 0.2) is 30.3 Å². The smallest absolute Gasteiger partial charge is 0.253 e. The van der Waals surface area contributed by atoms with Gasteiger partial charge in [0.15, 0.2) is 15.7 Å². The molecule has 10 nitrogen and oxygen atoms in total. The fourth-order valence-electron chi connectivity index (χ4n) is 5.18. The first-order valence-corrected chi connectivity index (χ1v) is 13.8. The number of anilines is 1. The van der Waals surface area contributed by atoms with Crippen LogP contribution in [-0.4, -0.2) is 76.4 Å². The number of hydrogen-bond donors (Lipinski definition) is 2.